The zero-order valence-corrected chi connectivity index (χ0v) is 14.9. The van der Waals surface area contributed by atoms with E-state index < -0.39 is 11.9 Å². The summed E-state index contributed by atoms with van der Waals surface area (Å²) in [6.07, 6.45) is -0.107. The van der Waals surface area contributed by atoms with Crippen molar-refractivity contribution in [2.75, 3.05) is 26.2 Å². The molecule has 1 aromatic rings. The van der Waals surface area contributed by atoms with Gasteiger partial charge < -0.3 is 19.7 Å². The molecule has 1 aliphatic rings. The molecule has 136 valence electrons. The van der Waals surface area contributed by atoms with Crippen LogP contribution in [0.2, 0.25) is 5.02 Å². The fourth-order valence-corrected chi connectivity index (χ4v) is 2.65. The second-order valence-corrected chi connectivity index (χ2v) is 6.34. The van der Waals surface area contributed by atoms with Crippen LogP contribution in [-0.4, -0.2) is 61.1 Å². The van der Waals surface area contributed by atoms with Crippen molar-refractivity contribution in [3.05, 3.63) is 34.9 Å². The van der Waals surface area contributed by atoms with Crippen molar-refractivity contribution >= 4 is 29.4 Å². The highest BCUT2D eigenvalue weighted by Crippen LogP contribution is 2.11. The highest BCUT2D eigenvalue weighted by Gasteiger charge is 2.26. The summed E-state index contributed by atoms with van der Waals surface area (Å²) >= 11 is 5.75. The number of amides is 2. The molecule has 25 heavy (non-hydrogen) atoms. The molecule has 8 heteroatoms. The van der Waals surface area contributed by atoms with Crippen LogP contribution in [0.1, 0.15) is 24.2 Å². The van der Waals surface area contributed by atoms with Gasteiger partial charge in [-0.2, -0.15) is 0 Å². The number of carbonyl (C=O) groups excluding carboxylic acids is 3. The second-order valence-electron chi connectivity index (χ2n) is 5.91. The number of hydrogen-bond donors (Lipinski definition) is 1. The zero-order chi connectivity index (χ0) is 18.4. The van der Waals surface area contributed by atoms with Gasteiger partial charge in [0.15, 0.2) is 6.61 Å². The summed E-state index contributed by atoms with van der Waals surface area (Å²) in [7, 11) is 0. The van der Waals surface area contributed by atoms with Gasteiger partial charge in [0.25, 0.3) is 11.8 Å². The number of nitrogens with zero attached hydrogens (tertiary/aromatic N) is 1. The zero-order valence-electron chi connectivity index (χ0n) is 14.2. The third-order valence-corrected chi connectivity index (χ3v) is 3.88. The lowest BCUT2D eigenvalue weighted by Crippen LogP contribution is -2.49. The number of hydrogen-bond acceptors (Lipinski definition) is 5. The van der Waals surface area contributed by atoms with E-state index in [1.807, 2.05) is 13.8 Å². The first-order chi connectivity index (χ1) is 11.8. The van der Waals surface area contributed by atoms with E-state index >= 15 is 0 Å². The van der Waals surface area contributed by atoms with Crippen LogP contribution in [0.3, 0.4) is 0 Å². The largest absolute Gasteiger partial charge is 0.454 e. The van der Waals surface area contributed by atoms with Gasteiger partial charge in [0, 0.05) is 23.7 Å². The van der Waals surface area contributed by atoms with Crippen molar-refractivity contribution in [2.24, 2.45) is 0 Å². The molecule has 1 saturated heterocycles. The van der Waals surface area contributed by atoms with Crippen LogP contribution in [0, 0.1) is 0 Å². The van der Waals surface area contributed by atoms with E-state index in [4.69, 9.17) is 21.1 Å². The number of esters is 1. The van der Waals surface area contributed by atoms with E-state index in [9.17, 15) is 14.4 Å². The Morgan fingerprint density at radius 1 is 1.20 bits per heavy atom. The van der Waals surface area contributed by atoms with E-state index in [0.29, 0.717) is 23.7 Å². The van der Waals surface area contributed by atoms with E-state index in [2.05, 4.69) is 5.32 Å². The number of benzene rings is 1. The smallest absolute Gasteiger partial charge is 0.325 e. The van der Waals surface area contributed by atoms with Crippen LogP contribution in [0.15, 0.2) is 24.3 Å². The van der Waals surface area contributed by atoms with Crippen molar-refractivity contribution in [1.29, 1.82) is 0 Å². The average Bonchev–Trinajstić information content (AvgIpc) is 2.57. The summed E-state index contributed by atoms with van der Waals surface area (Å²) in [6, 6.07) is 6.26. The fraction of sp³-hybridized carbons (Fsp3) is 0.471. The summed E-state index contributed by atoms with van der Waals surface area (Å²) in [5.41, 5.74) is 0.379. The Morgan fingerprint density at radius 2 is 1.80 bits per heavy atom. The van der Waals surface area contributed by atoms with Crippen LogP contribution in [0.5, 0.6) is 0 Å². The van der Waals surface area contributed by atoms with Gasteiger partial charge in [0.05, 0.1) is 12.2 Å². The summed E-state index contributed by atoms with van der Waals surface area (Å²) in [5, 5.41) is 2.95. The van der Waals surface area contributed by atoms with Crippen molar-refractivity contribution in [2.45, 2.75) is 26.1 Å². The minimum absolute atomic E-state index is 0.0536. The molecule has 0 bridgehead atoms. The quantitative estimate of drug-likeness (QED) is 0.791. The summed E-state index contributed by atoms with van der Waals surface area (Å²) in [5.74, 6) is -1.37. The van der Waals surface area contributed by atoms with Gasteiger partial charge in [0.1, 0.15) is 6.54 Å². The lowest BCUT2D eigenvalue weighted by Gasteiger charge is -2.35. The number of ether oxygens (including phenoxy) is 2. The molecule has 2 rings (SSSR count). The Balaban J connectivity index is 1.72. The Hall–Kier alpha value is -2.12. The van der Waals surface area contributed by atoms with Crippen LogP contribution in [0.4, 0.5) is 0 Å². The van der Waals surface area contributed by atoms with Gasteiger partial charge >= 0.3 is 5.97 Å². The van der Waals surface area contributed by atoms with Gasteiger partial charge in [-0.05, 0) is 38.1 Å². The van der Waals surface area contributed by atoms with Crippen molar-refractivity contribution in [3.8, 4) is 0 Å². The first-order valence-corrected chi connectivity index (χ1v) is 8.35. The van der Waals surface area contributed by atoms with Gasteiger partial charge in [-0.1, -0.05) is 11.6 Å². The van der Waals surface area contributed by atoms with E-state index in [-0.39, 0.29) is 31.3 Å². The van der Waals surface area contributed by atoms with Crippen LogP contribution in [-0.2, 0) is 19.1 Å². The molecule has 1 aliphatic heterocycles. The normalized spacial score (nSPS) is 20.0. The summed E-state index contributed by atoms with van der Waals surface area (Å²) in [6.45, 7) is 4.03. The van der Waals surface area contributed by atoms with Crippen molar-refractivity contribution < 1.29 is 23.9 Å². The molecule has 0 aromatic heterocycles. The van der Waals surface area contributed by atoms with Gasteiger partial charge in [0.2, 0.25) is 0 Å². The summed E-state index contributed by atoms with van der Waals surface area (Å²) < 4.78 is 10.5. The van der Waals surface area contributed by atoms with Crippen LogP contribution in [0.25, 0.3) is 0 Å². The van der Waals surface area contributed by atoms with E-state index in [1.165, 1.54) is 0 Å². The molecule has 0 aliphatic carbocycles. The molecule has 0 radical (unpaired) electrons. The number of morpholine rings is 1. The Kier molecular flexibility index (Phi) is 6.78. The molecular formula is C17H21ClN2O5. The lowest BCUT2D eigenvalue weighted by molar-refractivity contribution is -0.156. The van der Waals surface area contributed by atoms with Gasteiger partial charge in [-0.3, -0.25) is 14.4 Å². The maximum Gasteiger partial charge on any atom is 0.325 e. The van der Waals surface area contributed by atoms with Gasteiger partial charge in [-0.15, -0.1) is 0 Å². The third-order valence-electron chi connectivity index (χ3n) is 3.63. The van der Waals surface area contributed by atoms with Gasteiger partial charge in [-0.25, -0.2) is 0 Å². The Morgan fingerprint density at radius 3 is 2.40 bits per heavy atom. The molecule has 1 aromatic carbocycles. The molecule has 1 heterocycles. The highest BCUT2D eigenvalue weighted by molar-refractivity contribution is 6.30. The standard InChI is InChI=1S/C17H21ClN2O5/c1-11-8-20(9-12(2)25-11)15(21)10-24-16(22)7-19-17(23)13-3-5-14(18)6-4-13/h3-6,11-12H,7-10H2,1-2H3,(H,19,23)/t11-,12+. The predicted octanol–water partition coefficient (Wildman–Crippen LogP) is 1.25. The fourth-order valence-electron chi connectivity index (χ4n) is 2.52. The van der Waals surface area contributed by atoms with Crippen molar-refractivity contribution in [1.82, 2.24) is 10.2 Å². The SMILES string of the molecule is C[C@@H]1CN(C(=O)COC(=O)CNC(=O)c2ccc(Cl)cc2)C[C@H](C)O1. The van der Waals surface area contributed by atoms with Crippen molar-refractivity contribution in [3.63, 3.8) is 0 Å². The molecule has 1 fully saturated rings. The highest BCUT2D eigenvalue weighted by atomic mass is 35.5. The molecule has 1 N–H and O–H groups in total. The predicted molar refractivity (Wildman–Crippen MR) is 91.3 cm³/mol. The number of rotatable bonds is 5. The first-order valence-electron chi connectivity index (χ1n) is 7.97. The first kappa shape index (κ1) is 19.2. The minimum atomic E-state index is -0.676. The minimum Gasteiger partial charge on any atom is -0.454 e. The molecule has 2 amide bonds. The van der Waals surface area contributed by atoms with Crippen LogP contribution < -0.4 is 5.32 Å². The molecular weight excluding hydrogens is 348 g/mol. The average molecular weight is 369 g/mol. The Bertz CT molecular complexity index is 624. The molecule has 0 saturated carbocycles. The van der Waals surface area contributed by atoms with E-state index in [0.717, 1.165) is 0 Å². The maximum absolute atomic E-state index is 12.1. The second kappa shape index (κ2) is 8.82. The number of halogens is 1. The molecule has 2 atom stereocenters. The maximum atomic E-state index is 12.1. The monoisotopic (exact) mass is 368 g/mol. The molecule has 7 nitrogen and oxygen atoms in total. The topological polar surface area (TPSA) is 84.9 Å². The van der Waals surface area contributed by atoms with E-state index in [1.54, 1.807) is 29.2 Å². The molecule has 0 unspecified atom stereocenters. The number of carbonyl (C=O) groups is 3. The lowest BCUT2D eigenvalue weighted by atomic mass is 10.2. The third kappa shape index (κ3) is 6.03. The Labute approximate surface area is 151 Å². The summed E-state index contributed by atoms with van der Waals surface area (Å²) in [4.78, 5) is 37.3. The van der Waals surface area contributed by atoms with Crippen LogP contribution >= 0.6 is 11.6 Å². The number of nitrogens with one attached hydrogen (secondary N) is 1. The molecule has 0 spiro atoms.